The minimum atomic E-state index is -0.264. The molecule has 0 aromatic heterocycles. The molecular weight excluding hydrogens is 388 g/mol. The molecule has 0 spiro atoms. The maximum absolute atomic E-state index is 12.5. The van der Waals surface area contributed by atoms with E-state index in [1.54, 1.807) is 29.2 Å². The topological polar surface area (TPSA) is 86.3 Å². The van der Waals surface area contributed by atoms with Gasteiger partial charge in [0.05, 0.1) is 6.04 Å². The molecule has 0 unspecified atom stereocenters. The van der Waals surface area contributed by atoms with Gasteiger partial charge in [-0.05, 0) is 35.9 Å². The molecule has 8 nitrogen and oxygen atoms in total. The molecular formula is C22H20N2O6. The van der Waals surface area contributed by atoms with E-state index in [4.69, 9.17) is 18.9 Å². The van der Waals surface area contributed by atoms with Crippen molar-refractivity contribution in [2.45, 2.75) is 12.5 Å². The summed E-state index contributed by atoms with van der Waals surface area (Å²) < 4.78 is 21.7. The smallest absolute Gasteiger partial charge is 0.244 e. The predicted octanol–water partition coefficient (Wildman–Crippen LogP) is 2.12. The minimum Gasteiger partial charge on any atom is -0.486 e. The average molecular weight is 408 g/mol. The molecule has 0 radical (unpaired) electrons. The van der Waals surface area contributed by atoms with E-state index in [-0.39, 0.29) is 31.1 Å². The normalized spacial score (nSPS) is 19.4. The third-order valence-electron chi connectivity index (χ3n) is 5.13. The minimum absolute atomic E-state index is 0.0447. The van der Waals surface area contributed by atoms with Crippen molar-refractivity contribution < 1.29 is 28.5 Å². The largest absolute Gasteiger partial charge is 0.486 e. The highest BCUT2D eigenvalue weighted by Crippen LogP contribution is 2.35. The second-order valence-electron chi connectivity index (χ2n) is 7.19. The number of anilines is 1. The summed E-state index contributed by atoms with van der Waals surface area (Å²) in [4.78, 5) is 26.5. The molecule has 1 N–H and O–H groups in total. The molecule has 30 heavy (non-hydrogen) atoms. The van der Waals surface area contributed by atoms with Crippen LogP contribution in [0.3, 0.4) is 0 Å². The number of rotatable bonds is 4. The molecule has 8 heteroatoms. The van der Waals surface area contributed by atoms with Crippen LogP contribution >= 0.6 is 0 Å². The van der Waals surface area contributed by atoms with E-state index >= 15 is 0 Å². The van der Waals surface area contributed by atoms with E-state index < -0.39 is 0 Å². The summed E-state index contributed by atoms with van der Waals surface area (Å²) >= 11 is 0. The lowest BCUT2D eigenvalue weighted by Gasteiger charge is -2.22. The molecule has 3 aliphatic rings. The third kappa shape index (κ3) is 3.63. The van der Waals surface area contributed by atoms with Crippen LogP contribution in [0.2, 0.25) is 0 Å². The SMILES string of the molecule is O=C(/C=C\c1ccc2c(c1)OCO2)N[C@@H]1CC(=O)N(c2ccc3c(c2)OCCO3)C1. The van der Waals surface area contributed by atoms with E-state index in [0.717, 1.165) is 11.3 Å². The van der Waals surface area contributed by atoms with Crippen LogP contribution in [0.25, 0.3) is 6.08 Å². The summed E-state index contributed by atoms with van der Waals surface area (Å²) in [5.74, 6) is 2.36. The maximum atomic E-state index is 12.5. The van der Waals surface area contributed by atoms with Crippen molar-refractivity contribution in [3.8, 4) is 23.0 Å². The van der Waals surface area contributed by atoms with Crippen LogP contribution in [0, 0.1) is 0 Å². The van der Waals surface area contributed by atoms with Crippen molar-refractivity contribution in [2.75, 3.05) is 31.5 Å². The van der Waals surface area contributed by atoms with Crippen LogP contribution in [0.5, 0.6) is 23.0 Å². The molecule has 2 aromatic carbocycles. The van der Waals surface area contributed by atoms with Gasteiger partial charge in [-0.2, -0.15) is 0 Å². The number of carbonyl (C=O) groups is 2. The van der Waals surface area contributed by atoms with Crippen LogP contribution in [0.1, 0.15) is 12.0 Å². The lowest BCUT2D eigenvalue weighted by atomic mass is 10.2. The molecule has 2 amide bonds. The van der Waals surface area contributed by atoms with Gasteiger partial charge >= 0.3 is 0 Å². The fraction of sp³-hybridized carbons (Fsp3) is 0.273. The summed E-state index contributed by atoms with van der Waals surface area (Å²) in [6.07, 6.45) is 3.40. The first-order chi connectivity index (χ1) is 14.7. The van der Waals surface area contributed by atoms with Gasteiger partial charge in [0.2, 0.25) is 18.6 Å². The highest BCUT2D eigenvalue weighted by Gasteiger charge is 2.32. The van der Waals surface area contributed by atoms with Crippen molar-refractivity contribution in [3.05, 3.63) is 48.0 Å². The molecule has 3 heterocycles. The third-order valence-corrected chi connectivity index (χ3v) is 5.13. The molecule has 2 aromatic rings. The number of nitrogens with zero attached hydrogens (tertiary/aromatic N) is 1. The molecule has 154 valence electrons. The summed E-state index contributed by atoms with van der Waals surface area (Å²) in [7, 11) is 0. The Labute approximate surface area is 173 Å². The van der Waals surface area contributed by atoms with Gasteiger partial charge in [-0.15, -0.1) is 0 Å². The maximum Gasteiger partial charge on any atom is 0.244 e. The van der Waals surface area contributed by atoms with E-state index in [1.807, 2.05) is 18.2 Å². The first-order valence-corrected chi connectivity index (χ1v) is 9.74. The monoisotopic (exact) mass is 408 g/mol. The zero-order valence-electron chi connectivity index (χ0n) is 16.1. The number of hydrogen-bond donors (Lipinski definition) is 1. The van der Waals surface area contributed by atoms with Crippen molar-refractivity contribution in [3.63, 3.8) is 0 Å². The zero-order chi connectivity index (χ0) is 20.5. The van der Waals surface area contributed by atoms with Crippen LogP contribution in [-0.4, -0.2) is 44.4 Å². The Morgan fingerprint density at radius 1 is 0.967 bits per heavy atom. The second-order valence-corrected chi connectivity index (χ2v) is 7.19. The number of amides is 2. The standard InChI is InChI=1S/C22H20N2O6/c25-21(6-2-14-1-4-18-19(9-14)30-13-29-18)23-15-10-22(26)24(12-15)16-3-5-17-20(11-16)28-8-7-27-17/h1-6,9,11,15H,7-8,10,12-13H2,(H,23,25)/b6-2-/t15-/m1/s1. The van der Waals surface area contributed by atoms with Crippen molar-refractivity contribution in [2.24, 2.45) is 0 Å². The number of nitrogens with one attached hydrogen (secondary N) is 1. The van der Waals surface area contributed by atoms with Crippen molar-refractivity contribution >= 4 is 23.6 Å². The van der Waals surface area contributed by atoms with E-state index in [2.05, 4.69) is 5.32 Å². The Morgan fingerprint density at radius 3 is 2.60 bits per heavy atom. The molecule has 0 bridgehead atoms. The number of carbonyl (C=O) groups excluding carboxylic acids is 2. The quantitative estimate of drug-likeness (QED) is 0.780. The number of fused-ring (bicyclic) bond motifs is 2. The van der Waals surface area contributed by atoms with Crippen LogP contribution < -0.4 is 29.2 Å². The molecule has 1 saturated heterocycles. The van der Waals surface area contributed by atoms with Crippen LogP contribution in [0.4, 0.5) is 5.69 Å². The molecule has 1 fully saturated rings. The second kappa shape index (κ2) is 7.62. The molecule has 3 aliphatic heterocycles. The van der Waals surface area contributed by atoms with Gasteiger partial charge in [-0.1, -0.05) is 6.07 Å². The van der Waals surface area contributed by atoms with Crippen molar-refractivity contribution in [1.29, 1.82) is 0 Å². The Kier molecular flexibility index (Phi) is 4.66. The molecule has 0 saturated carbocycles. The molecule has 1 atom stereocenters. The Morgan fingerprint density at radius 2 is 1.70 bits per heavy atom. The lowest BCUT2D eigenvalue weighted by Crippen LogP contribution is -2.36. The summed E-state index contributed by atoms with van der Waals surface area (Å²) in [5, 5.41) is 2.89. The fourth-order valence-corrected chi connectivity index (χ4v) is 3.69. The van der Waals surface area contributed by atoms with Gasteiger partial charge in [-0.3, -0.25) is 9.59 Å². The number of benzene rings is 2. The Balaban J connectivity index is 1.21. The van der Waals surface area contributed by atoms with Crippen LogP contribution in [-0.2, 0) is 9.59 Å². The first kappa shape index (κ1) is 18.4. The van der Waals surface area contributed by atoms with Crippen molar-refractivity contribution in [1.82, 2.24) is 5.32 Å². The van der Waals surface area contributed by atoms with Gasteiger partial charge in [0.15, 0.2) is 23.0 Å². The van der Waals surface area contributed by atoms with Gasteiger partial charge < -0.3 is 29.2 Å². The Hall–Kier alpha value is -3.68. The zero-order valence-corrected chi connectivity index (χ0v) is 16.1. The molecule has 0 aliphatic carbocycles. The van der Waals surface area contributed by atoms with E-state index in [1.165, 1.54) is 6.08 Å². The van der Waals surface area contributed by atoms with Gasteiger partial charge in [0.1, 0.15) is 13.2 Å². The molecule has 5 rings (SSSR count). The highest BCUT2D eigenvalue weighted by molar-refractivity contribution is 5.98. The number of hydrogen-bond acceptors (Lipinski definition) is 6. The van der Waals surface area contributed by atoms with Crippen LogP contribution in [0.15, 0.2) is 42.5 Å². The number of ether oxygens (including phenoxy) is 4. The summed E-state index contributed by atoms with van der Waals surface area (Å²) in [5.41, 5.74) is 1.56. The highest BCUT2D eigenvalue weighted by atomic mass is 16.7. The van der Waals surface area contributed by atoms with Gasteiger partial charge in [0.25, 0.3) is 0 Å². The fourth-order valence-electron chi connectivity index (χ4n) is 3.69. The van der Waals surface area contributed by atoms with Gasteiger partial charge in [-0.25, -0.2) is 0 Å². The Bertz CT molecular complexity index is 1030. The predicted molar refractivity (Wildman–Crippen MR) is 108 cm³/mol. The summed E-state index contributed by atoms with van der Waals surface area (Å²) in [6, 6.07) is 10.6. The first-order valence-electron chi connectivity index (χ1n) is 9.74. The van der Waals surface area contributed by atoms with E-state index in [9.17, 15) is 9.59 Å². The van der Waals surface area contributed by atoms with Gasteiger partial charge in [0, 0.05) is 30.8 Å². The lowest BCUT2D eigenvalue weighted by molar-refractivity contribution is -0.117. The van der Waals surface area contributed by atoms with E-state index in [0.29, 0.717) is 42.8 Å². The summed E-state index contributed by atoms with van der Waals surface area (Å²) in [6.45, 7) is 1.61. The average Bonchev–Trinajstić information content (AvgIpc) is 3.37.